The highest BCUT2D eigenvalue weighted by Gasteiger charge is 2.58. The quantitative estimate of drug-likeness (QED) is 0.252. The first-order valence-corrected chi connectivity index (χ1v) is 13.4. The molecular formula is C33H32N2O6. The minimum absolute atomic E-state index is 0.286. The minimum Gasteiger partial charge on any atom is -0.497 e. The summed E-state index contributed by atoms with van der Waals surface area (Å²) < 4.78 is 11.0. The predicted octanol–water partition coefficient (Wildman–Crippen LogP) is 6.54. The number of Topliss-reactive ketones (excluding diaryl/α,β-unsaturated/α-hetero) is 1. The zero-order valence-electron chi connectivity index (χ0n) is 23.3. The van der Waals surface area contributed by atoms with Gasteiger partial charge in [0, 0.05) is 11.6 Å². The lowest BCUT2D eigenvalue weighted by Crippen LogP contribution is -2.45. The molecule has 2 heterocycles. The van der Waals surface area contributed by atoms with Crippen LogP contribution in [-0.4, -0.2) is 40.9 Å². The first-order chi connectivity index (χ1) is 19.7. The Morgan fingerprint density at radius 2 is 1.59 bits per heavy atom. The van der Waals surface area contributed by atoms with Gasteiger partial charge in [-0.05, 0) is 67.8 Å². The molecule has 2 amide bonds. The molecule has 210 valence electrons. The van der Waals surface area contributed by atoms with Gasteiger partial charge in [0.2, 0.25) is 0 Å². The fourth-order valence-electron chi connectivity index (χ4n) is 5.94. The molecule has 0 spiro atoms. The Hall–Kier alpha value is -4.85. The highest BCUT2D eigenvalue weighted by Crippen LogP contribution is 2.52. The van der Waals surface area contributed by atoms with Gasteiger partial charge in [-0.1, -0.05) is 54.6 Å². The Bertz CT molecular complexity index is 1580. The third kappa shape index (κ3) is 5.33. The first-order valence-electron chi connectivity index (χ1n) is 13.4. The second-order valence-corrected chi connectivity index (χ2v) is 10.4. The fraction of sp³-hybridized carbons (Fsp3) is 0.242. The van der Waals surface area contributed by atoms with Gasteiger partial charge in [-0.25, -0.2) is 9.59 Å². The number of amides is 2. The Kier molecular flexibility index (Phi) is 7.66. The van der Waals surface area contributed by atoms with Crippen molar-refractivity contribution in [3.63, 3.8) is 0 Å². The summed E-state index contributed by atoms with van der Waals surface area (Å²) in [5.41, 5.74) is 3.11. The molecule has 0 aliphatic carbocycles. The third-order valence-electron chi connectivity index (χ3n) is 7.67. The lowest BCUT2D eigenvalue weighted by atomic mass is 9.76. The fourth-order valence-corrected chi connectivity index (χ4v) is 5.94. The van der Waals surface area contributed by atoms with Crippen molar-refractivity contribution in [3.8, 4) is 5.75 Å². The van der Waals surface area contributed by atoms with E-state index < -0.39 is 35.9 Å². The van der Waals surface area contributed by atoms with E-state index in [4.69, 9.17) is 9.15 Å². The van der Waals surface area contributed by atoms with E-state index in [9.17, 15) is 19.5 Å². The number of carboxylic acids is 1. The van der Waals surface area contributed by atoms with Crippen molar-refractivity contribution in [2.45, 2.75) is 38.8 Å². The molecule has 0 bridgehead atoms. The van der Waals surface area contributed by atoms with Crippen LogP contribution in [0.5, 0.6) is 5.75 Å². The van der Waals surface area contributed by atoms with Gasteiger partial charge < -0.3 is 24.5 Å². The minimum atomic E-state index is -1.35. The Balaban J connectivity index is 1.72. The smallest absolute Gasteiger partial charge is 0.327 e. The summed E-state index contributed by atoms with van der Waals surface area (Å²) in [6.07, 6.45) is 0. The average molecular weight is 553 g/mol. The molecule has 1 fully saturated rings. The van der Waals surface area contributed by atoms with Gasteiger partial charge in [-0.3, -0.25) is 4.79 Å². The Morgan fingerprint density at radius 3 is 2.17 bits per heavy atom. The van der Waals surface area contributed by atoms with E-state index >= 15 is 0 Å². The van der Waals surface area contributed by atoms with Crippen LogP contribution in [0.4, 0.5) is 10.5 Å². The third-order valence-corrected chi connectivity index (χ3v) is 7.67. The highest BCUT2D eigenvalue weighted by atomic mass is 16.5. The van der Waals surface area contributed by atoms with Crippen molar-refractivity contribution >= 4 is 23.5 Å². The van der Waals surface area contributed by atoms with Crippen LogP contribution in [-0.2, 0) is 4.79 Å². The number of ether oxygens (including phenoxy) is 1. The number of nitrogens with zero attached hydrogens (tertiary/aromatic N) is 1. The lowest BCUT2D eigenvalue weighted by Gasteiger charge is -2.30. The van der Waals surface area contributed by atoms with Gasteiger partial charge in [-0.15, -0.1) is 0 Å². The van der Waals surface area contributed by atoms with Crippen LogP contribution < -0.4 is 10.1 Å². The number of anilines is 1. The van der Waals surface area contributed by atoms with Crippen LogP contribution in [0.2, 0.25) is 0 Å². The van der Waals surface area contributed by atoms with Crippen LogP contribution in [0.15, 0.2) is 89.3 Å². The molecule has 4 aromatic rings. The SMILES string of the molecule is COc1ccc(C2C(C(=O)c3cc(C)oc3C)C(c3ccccc3)N(C(=O)Nc3cccc(C)c3)C2C(=O)O)cc1. The summed E-state index contributed by atoms with van der Waals surface area (Å²) in [6.45, 7) is 5.38. The second kappa shape index (κ2) is 11.3. The molecule has 8 nitrogen and oxygen atoms in total. The summed E-state index contributed by atoms with van der Waals surface area (Å²) in [5.74, 6) is -1.67. The monoisotopic (exact) mass is 552 g/mol. The molecule has 1 aliphatic rings. The molecule has 0 saturated carbocycles. The van der Waals surface area contributed by atoms with E-state index in [0.29, 0.717) is 39.6 Å². The highest BCUT2D eigenvalue weighted by molar-refractivity contribution is 6.03. The molecule has 8 heteroatoms. The molecular weight excluding hydrogens is 520 g/mol. The van der Waals surface area contributed by atoms with Crippen LogP contribution in [0.1, 0.15) is 50.5 Å². The van der Waals surface area contributed by atoms with Gasteiger partial charge >= 0.3 is 12.0 Å². The number of likely N-dealkylation sites (tertiary alicyclic amines) is 1. The van der Waals surface area contributed by atoms with Gasteiger partial charge in [0.05, 0.1) is 24.6 Å². The van der Waals surface area contributed by atoms with Crippen molar-refractivity contribution in [1.82, 2.24) is 4.90 Å². The van der Waals surface area contributed by atoms with Crippen LogP contribution in [0, 0.1) is 26.7 Å². The molecule has 41 heavy (non-hydrogen) atoms. The van der Waals surface area contributed by atoms with Crippen LogP contribution in [0.3, 0.4) is 0 Å². The zero-order chi connectivity index (χ0) is 29.3. The molecule has 4 unspecified atom stereocenters. The van der Waals surface area contributed by atoms with Gasteiger partial charge in [0.15, 0.2) is 5.78 Å². The van der Waals surface area contributed by atoms with Crippen molar-refractivity contribution in [2.24, 2.45) is 5.92 Å². The van der Waals surface area contributed by atoms with Gasteiger partial charge in [0.1, 0.15) is 23.3 Å². The van der Waals surface area contributed by atoms with E-state index in [1.54, 1.807) is 57.4 Å². The number of hydrogen-bond donors (Lipinski definition) is 2. The van der Waals surface area contributed by atoms with E-state index in [2.05, 4.69) is 5.32 Å². The number of hydrogen-bond acceptors (Lipinski definition) is 5. The topological polar surface area (TPSA) is 109 Å². The Morgan fingerprint density at radius 1 is 0.878 bits per heavy atom. The number of furan rings is 1. The summed E-state index contributed by atoms with van der Waals surface area (Å²) in [5, 5.41) is 13.6. The summed E-state index contributed by atoms with van der Waals surface area (Å²) >= 11 is 0. The van der Waals surface area contributed by atoms with Crippen LogP contribution >= 0.6 is 0 Å². The van der Waals surface area contributed by atoms with Crippen LogP contribution in [0.25, 0.3) is 0 Å². The molecule has 1 aliphatic heterocycles. The zero-order valence-corrected chi connectivity index (χ0v) is 23.3. The number of ketones is 1. The maximum absolute atomic E-state index is 14.5. The number of benzene rings is 3. The van der Waals surface area contributed by atoms with Gasteiger partial charge in [-0.2, -0.15) is 0 Å². The maximum atomic E-state index is 14.5. The number of urea groups is 1. The molecule has 1 saturated heterocycles. The number of carbonyl (C=O) groups excluding carboxylic acids is 2. The predicted molar refractivity (Wildman–Crippen MR) is 154 cm³/mol. The van der Waals surface area contributed by atoms with Crippen molar-refractivity contribution < 1.29 is 28.6 Å². The number of carbonyl (C=O) groups is 3. The number of nitrogens with one attached hydrogen (secondary N) is 1. The summed E-state index contributed by atoms with van der Waals surface area (Å²) in [7, 11) is 1.55. The second-order valence-electron chi connectivity index (χ2n) is 10.4. The normalized spacial score (nSPS) is 20.0. The standard InChI is InChI=1S/C33H32N2O6/c1-19-9-8-12-24(17-19)34-33(39)35-29(23-10-6-5-7-11-23)28(31(36)26-18-20(2)41-21(26)3)27(30(35)32(37)38)22-13-15-25(40-4)16-14-22/h5-18,27-30H,1-4H3,(H,34,39)(H,37,38). The number of aliphatic carboxylic acids is 1. The molecule has 5 rings (SSSR count). The summed E-state index contributed by atoms with van der Waals surface area (Å²) in [4.78, 5) is 43.0. The molecule has 2 N–H and O–H groups in total. The van der Waals surface area contributed by atoms with Crippen molar-refractivity contribution in [1.29, 1.82) is 0 Å². The number of methoxy groups -OCH3 is 1. The maximum Gasteiger partial charge on any atom is 0.327 e. The van der Waals surface area contributed by atoms with E-state index in [1.165, 1.54) is 4.90 Å². The van der Waals surface area contributed by atoms with Gasteiger partial charge in [0.25, 0.3) is 0 Å². The van der Waals surface area contributed by atoms with Crippen molar-refractivity contribution in [3.05, 3.63) is 119 Å². The Labute approximate surface area is 238 Å². The van der Waals surface area contributed by atoms with E-state index in [0.717, 1.165) is 5.56 Å². The largest absolute Gasteiger partial charge is 0.497 e. The number of carboxylic acid groups (broad SMARTS) is 1. The molecule has 0 radical (unpaired) electrons. The average Bonchev–Trinajstić information content (AvgIpc) is 3.50. The molecule has 1 aromatic heterocycles. The van der Waals surface area contributed by atoms with Crippen molar-refractivity contribution in [2.75, 3.05) is 12.4 Å². The number of rotatable bonds is 7. The van der Waals surface area contributed by atoms with E-state index in [-0.39, 0.29) is 5.78 Å². The first kappa shape index (κ1) is 27.7. The number of aryl methyl sites for hydroxylation is 3. The molecule has 3 aromatic carbocycles. The summed E-state index contributed by atoms with van der Waals surface area (Å²) in [6, 6.07) is 22.2. The van der Waals surface area contributed by atoms with E-state index in [1.807, 2.05) is 55.5 Å². The lowest BCUT2D eigenvalue weighted by molar-refractivity contribution is -0.142. The molecule has 4 atom stereocenters.